The van der Waals surface area contributed by atoms with Crippen LogP contribution >= 0.6 is 0 Å². The Kier molecular flexibility index (Phi) is 9.18. The number of nitrogen functional groups attached to an aromatic ring is 3. The van der Waals surface area contributed by atoms with E-state index in [9.17, 15) is 0 Å². The highest BCUT2D eigenvalue weighted by molar-refractivity contribution is 6.03. The maximum Gasteiger partial charge on any atom is 0.125 e. The van der Waals surface area contributed by atoms with Gasteiger partial charge in [-0.2, -0.15) is 0 Å². The van der Waals surface area contributed by atoms with Gasteiger partial charge in [0.25, 0.3) is 0 Å². The van der Waals surface area contributed by atoms with Crippen LogP contribution in [0.2, 0.25) is 0 Å². The van der Waals surface area contributed by atoms with Gasteiger partial charge in [-0.1, -0.05) is 70.8 Å². The summed E-state index contributed by atoms with van der Waals surface area (Å²) >= 11 is 0. The van der Waals surface area contributed by atoms with E-state index in [1.54, 1.807) is 0 Å². The molecule has 0 amide bonds. The molecule has 7 N–H and O–H groups in total. The third-order valence-corrected chi connectivity index (χ3v) is 4.43. The molecule has 0 fully saturated rings. The molecule has 0 bridgehead atoms. The fraction of sp³-hybridized carbons (Fsp3) is 0.632. The summed E-state index contributed by atoms with van der Waals surface area (Å²) in [6.07, 6.45) is 14.1. The predicted octanol–water partition coefficient (Wildman–Crippen LogP) is 4.60. The SMILES string of the molecule is CCCCCCCCCCCCc1ccc(N)c(N)c1C(=N)N. The summed E-state index contributed by atoms with van der Waals surface area (Å²) in [6, 6.07) is 3.77. The number of nitrogens with one attached hydrogen (secondary N) is 1. The second-order valence-electron chi connectivity index (χ2n) is 6.45. The Hall–Kier alpha value is -1.71. The number of unbranched alkanes of at least 4 members (excludes halogenated alkanes) is 9. The van der Waals surface area contributed by atoms with Crippen LogP contribution in [0.3, 0.4) is 0 Å². The quantitative estimate of drug-likeness (QED) is 0.196. The highest BCUT2D eigenvalue weighted by Crippen LogP contribution is 2.25. The minimum Gasteiger partial charge on any atom is -0.397 e. The maximum atomic E-state index is 7.70. The first-order valence-electron chi connectivity index (χ1n) is 9.09. The summed E-state index contributed by atoms with van der Waals surface area (Å²) in [4.78, 5) is 0. The van der Waals surface area contributed by atoms with E-state index in [-0.39, 0.29) is 5.84 Å². The molecule has 1 rings (SSSR count). The first kappa shape index (κ1) is 19.3. The molecule has 1 aromatic carbocycles. The second-order valence-corrected chi connectivity index (χ2v) is 6.45. The number of nitrogens with two attached hydrogens (primary N) is 3. The molecule has 0 aliphatic heterocycles. The van der Waals surface area contributed by atoms with Crippen molar-refractivity contribution in [3.8, 4) is 0 Å². The molecule has 0 heterocycles. The minimum absolute atomic E-state index is 0.0110. The molecule has 0 aliphatic carbocycles. The Labute approximate surface area is 141 Å². The normalized spacial score (nSPS) is 10.8. The van der Waals surface area contributed by atoms with Crippen molar-refractivity contribution in [1.29, 1.82) is 5.41 Å². The lowest BCUT2D eigenvalue weighted by Gasteiger charge is -2.13. The van der Waals surface area contributed by atoms with Crippen LogP contribution < -0.4 is 17.2 Å². The van der Waals surface area contributed by atoms with Crippen molar-refractivity contribution in [1.82, 2.24) is 0 Å². The summed E-state index contributed by atoms with van der Waals surface area (Å²) in [5.74, 6) is 0.0110. The predicted molar refractivity (Wildman–Crippen MR) is 102 cm³/mol. The van der Waals surface area contributed by atoms with E-state index >= 15 is 0 Å². The van der Waals surface area contributed by atoms with Crippen LogP contribution in [-0.4, -0.2) is 5.84 Å². The fourth-order valence-electron chi connectivity index (χ4n) is 3.01. The lowest BCUT2D eigenvalue weighted by molar-refractivity contribution is 0.556. The molecule has 1 aromatic rings. The van der Waals surface area contributed by atoms with Gasteiger partial charge >= 0.3 is 0 Å². The topological polar surface area (TPSA) is 102 Å². The van der Waals surface area contributed by atoms with Crippen molar-refractivity contribution >= 4 is 17.2 Å². The largest absolute Gasteiger partial charge is 0.397 e. The van der Waals surface area contributed by atoms with Gasteiger partial charge in [0.2, 0.25) is 0 Å². The van der Waals surface area contributed by atoms with Crippen molar-refractivity contribution in [2.75, 3.05) is 11.5 Å². The Morgan fingerprint density at radius 3 is 1.91 bits per heavy atom. The molecular weight excluding hydrogens is 284 g/mol. The third kappa shape index (κ3) is 6.93. The number of anilines is 2. The lowest BCUT2D eigenvalue weighted by atomic mass is 9.97. The van der Waals surface area contributed by atoms with E-state index in [4.69, 9.17) is 22.6 Å². The summed E-state index contributed by atoms with van der Waals surface area (Å²) in [7, 11) is 0. The van der Waals surface area contributed by atoms with Crippen LogP contribution in [0.1, 0.15) is 82.3 Å². The molecule has 4 nitrogen and oxygen atoms in total. The van der Waals surface area contributed by atoms with Crippen molar-refractivity contribution in [2.45, 2.75) is 77.6 Å². The summed E-state index contributed by atoms with van der Waals surface area (Å²) in [5.41, 5.74) is 20.0. The number of benzene rings is 1. The molecule has 0 unspecified atom stereocenters. The van der Waals surface area contributed by atoms with E-state index in [0.717, 1.165) is 18.4 Å². The smallest absolute Gasteiger partial charge is 0.125 e. The Morgan fingerprint density at radius 2 is 1.39 bits per heavy atom. The first-order valence-corrected chi connectivity index (χ1v) is 9.09. The van der Waals surface area contributed by atoms with Gasteiger partial charge in [-0.05, 0) is 24.5 Å². The molecule has 4 heteroatoms. The molecule has 0 aliphatic rings. The standard InChI is InChI=1S/C19H34N4/c1-2-3-4-5-6-7-8-9-10-11-12-15-13-14-16(20)18(21)17(15)19(22)23/h13-14H,2-12,20-21H2,1H3,(H3,22,23). The van der Waals surface area contributed by atoms with Gasteiger partial charge in [-0.25, -0.2) is 0 Å². The Balaban J connectivity index is 2.24. The van der Waals surface area contributed by atoms with Gasteiger partial charge in [0.15, 0.2) is 0 Å². The highest BCUT2D eigenvalue weighted by atomic mass is 14.7. The second kappa shape index (κ2) is 10.9. The Morgan fingerprint density at radius 1 is 0.870 bits per heavy atom. The van der Waals surface area contributed by atoms with Gasteiger partial charge in [0.05, 0.1) is 11.4 Å². The van der Waals surface area contributed by atoms with Gasteiger partial charge < -0.3 is 17.2 Å². The van der Waals surface area contributed by atoms with E-state index in [1.165, 1.54) is 57.8 Å². The molecule has 0 atom stereocenters. The average molecular weight is 319 g/mol. The van der Waals surface area contributed by atoms with Crippen LogP contribution in [0.15, 0.2) is 12.1 Å². The van der Waals surface area contributed by atoms with E-state index in [2.05, 4.69) is 6.92 Å². The zero-order chi connectivity index (χ0) is 17.1. The summed E-state index contributed by atoms with van der Waals surface area (Å²) < 4.78 is 0. The number of hydrogen-bond acceptors (Lipinski definition) is 3. The zero-order valence-electron chi connectivity index (χ0n) is 14.7. The van der Waals surface area contributed by atoms with Gasteiger partial charge in [0.1, 0.15) is 5.84 Å². The van der Waals surface area contributed by atoms with Crippen molar-refractivity contribution < 1.29 is 0 Å². The van der Waals surface area contributed by atoms with E-state index in [0.29, 0.717) is 16.9 Å². The number of aryl methyl sites for hydroxylation is 1. The first-order chi connectivity index (χ1) is 11.1. The fourth-order valence-corrected chi connectivity index (χ4v) is 3.01. The highest BCUT2D eigenvalue weighted by Gasteiger charge is 2.11. The maximum absolute atomic E-state index is 7.70. The monoisotopic (exact) mass is 318 g/mol. The number of amidine groups is 1. The molecule has 0 spiro atoms. The molecular formula is C19H34N4. The molecule has 0 saturated heterocycles. The van der Waals surface area contributed by atoms with Crippen LogP contribution in [-0.2, 0) is 6.42 Å². The lowest BCUT2D eigenvalue weighted by Crippen LogP contribution is -2.17. The molecule has 0 aromatic heterocycles. The van der Waals surface area contributed by atoms with Crippen molar-refractivity contribution in [3.05, 3.63) is 23.3 Å². The Bertz CT molecular complexity index is 483. The number of hydrogen-bond donors (Lipinski definition) is 4. The zero-order valence-corrected chi connectivity index (χ0v) is 14.7. The van der Waals surface area contributed by atoms with Crippen LogP contribution in [0.4, 0.5) is 11.4 Å². The molecule has 23 heavy (non-hydrogen) atoms. The van der Waals surface area contributed by atoms with Gasteiger partial charge in [-0.15, -0.1) is 0 Å². The molecule has 130 valence electrons. The van der Waals surface area contributed by atoms with Crippen molar-refractivity contribution in [2.24, 2.45) is 5.73 Å². The minimum atomic E-state index is 0.0110. The van der Waals surface area contributed by atoms with Crippen molar-refractivity contribution in [3.63, 3.8) is 0 Å². The van der Waals surface area contributed by atoms with Crippen LogP contribution in [0, 0.1) is 5.41 Å². The summed E-state index contributed by atoms with van der Waals surface area (Å²) in [6.45, 7) is 2.26. The van der Waals surface area contributed by atoms with Gasteiger partial charge in [0, 0.05) is 5.56 Å². The van der Waals surface area contributed by atoms with Crippen LogP contribution in [0.5, 0.6) is 0 Å². The summed E-state index contributed by atoms with van der Waals surface area (Å²) in [5, 5.41) is 7.70. The molecule has 0 saturated carbocycles. The average Bonchev–Trinajstić information content (AvgIpc) is 2.52. The van der Waals surface area contributed by atoms with Crippen LogP contribution in [0.25, 0.3) is 0 Å². The van der Waals surface area contributed by atoms with E-state index in [1.807, 2.05) is 12.1 Å². The number of rotatable bonds is 12. The third-order valence-electron chi connectivity index (χ3n) is 4.43. The van der Waals surface area contributed by atoms with Gasteiger partial charge in [-0.3, -0.25) is 5.41 Å². The molecule has 0 radical (unpaired) electrons. The van der Waals surface area contributed by atoms with E-state index < -0.39 is 0 Å².